The monoisotopic (exact) mass is 241 g/mol. The van der Waals surface area contributed by atoms with Crippen LogP contribution in [0.4, 0.5) is 5.13 Å². The first kappa shape index (κ1) is 13.5. The molecule has 0 bridgehead atoms. The lowest BCUT2D eigenvalue weighted by Gasteiger charge is -2.16. The third-order valence-electron chi connectivity index (χ3n) is 3.01. The summed E-state index contributed by atoms with van der Waals surface area (Å²) in [5.74, 6) is 0.513. The molecule has 3 nitrogen and oxygen atoms in total. The van der Waals surface area contributed by atoms with Crippen molar-refractivity contribution in [1.29, 1.82) is 0 Å². The van der Waals surface area contributed by atoms with Crippen LogP contribution in [-0.2, 0) is 6.54 Å². The molecule has 16 heavy (non-hydrogen) atoms. The molecule has 0 amide bonds. The molecule has 0 saturated carbocycles. The second-order valence-electron chi connectivity index (χ2n) is 3.99. The molecule has 1 aromatic heterocycles. The van der Waals surface area contributed by atoms with Gasteiger partial charge in [-0.25, -0.2) is 4.98 Å². The zero-order valence-electron chi connectivity index (χ0n) is 10.8. The normalized spacial score (nSPS) is 12.8. The lowest BCUT2D eigenvalue weighted by Crippen LogP contribution is -2.21. The zero-order valence-corrected chi connectivity index (χ0v) is 11.6. The Kier molecular flexibility index (Phi) is 5.22. The molecule has 1 rings (SSSR count). The second kappa shape index (κ2) is 6.21. The number of hydrogen-bond acceptors (Lipinski definition) is 4. The van der Waals surface area contributed by atoms with Gasteiger partial charge in [0, 0.05) is 24.5 Å². The van der Waals surface area contributed by atoms with Gasteiger partial charge in [0.05, 0.1) is 5.69 Å². The topological polar surface area (TPSA) is 42.2 Å². The molecule has 4 heteroatoms. The zero-order chi connectivity index (χ0) is 12.1. The molecule has 92 valence electrons. The van der Waals surface area contributed by atoms with Crippen molar-refractivity contribution in [2.75, 3.05) is 18.0 Å². The summed E-state index contributed by atoms with van der Waals surface area (Å²) < 4.78 is 0. The number of anilines is 1. The first-order chi connectivity index (χ1) is 7.67. The molecule has 1 atom stereocenters. The molecule has 0 aliphatic heterocycles. The quantitative estimate of drug-likeness (QED) is 0.832. The molecular formula is C12H23N3S. The maximum absolute atomic E-state index is 5.79. The largest absolute Gasteiger partial charge is 0.349 e. The van der Waals surface area contributed by atoms with Crippen LogP contribution in [0.3, 0.4) is 0 Å². The molecule has 0 spiro atoms. The first-order valence-corrected chi connectivity index (χ1v) is 6.94. The molecule has 0 radical (unpaired) electrons. The minimum Gasteiger partial charge on any atom is -0.349 e. The van der Waals surface area contributed by atoms with E-state index in [1.54, 1.807) is 11.3 Å². The maximum atomic E-state index is 5.79. The smallest absolute Gasteiger partial charge is 0.185 e. The molecule has 0 aliphatic rings. The Balaban J connectivity index is 3.01. The molecule has 0 fully saturated rings. The van der Waals surface area contributed by atoms with Crippen LogP contribution in [0.25, 0.3) is 0 Å². The van der Waals surface area contributed by atoms with Crippen LogP contribution in [0.5, 0.6) is 0 Å². The number of rotatable bonds is 6. The third kappa shape index (κ3) is 2.74. The van der Waals surface area contributed by atoms with E-state index in [9.17, 15) is 0 Å². The predicted molar refractivity (Wildman–Crippen MR) is 72.3 cm³/mol. The molecule has 0 aromatic carbocycles. The van der Waals surface area contributed by atoms with E-state index in [1.165, 1.54) is 10.6 Å². The summed E-state index contributed by atoms with van der Waals surface area (Å²) in [6.45, 7) is 11.4. The van der Waals surface area contributed by atoms with E-state index < -0.39 is 0 Å². The van der Waals surface area contributed by atoms with Crippen molar-refractivity contribution in [2.45, 2.75) is 46.6 Å². The highest BCUT2D eigenvalue weighted by Crippen LogP contribution is 2.31. The predicted octanol–water partition coefficient (Wildman–Crippen LogP) is 2.96. The summed E-state index contributed by atoms with van der Waals surface area (Å²) >= 11 is 1.75. The van der Waals surface area contributed by atoms with Crippen LogP contribution < -0.4 is 10.6 Å². The number of nitrogens with zero attached hydrogens (tertiary/aromatic N) is 2. The van der Waals surface area contributed by atoms with E-state index in [1.807, 2.05) is 0 Å². The van der Waals surface area contributed by atoms with Gasteiger partial charge in [-0.2, -0.15) is 0 Å². The van der Waals surface area contributed by atoms with Crippen LogP contribution >= 0.6 is 11.3 Å². The minimum absolute atomic E-state index is 0.513. The van der Waals surface area contributed by atoms with Crippen molar-refractivity contribution in [3.8, 4) is 0 Å². The Hall–Kier alpha value is -0.610. The van der Waals surface area contributed by atoms with Crippen LogP contribution in [0.15, 0.2) is 0 Å². The third-order valence-corrected chi connectivity index (χ3v) is 4.17. The van der Waals surface area contributed by atoms with Gasteiger partial charge in [0.15, 0.2) is 5.13 Å². The number of aromatic nitrogens is 1. The standard InChI is InChI=1S/C12H23N3S/c1-5-9(4)11-10(8-13)16-12(14-11)15(6-2)7-3/h9H,5-8,13H2,1-4H3. The fourth-order valence-corrected chi connectivity index (χ4v) is 2.89. The first-order valence-electron chi connectivity index (χ1n) is 6.12. The van der Waals surface area contributed by atoms with Crippen molar-refractivity contribution >= 4 is 16.5 Å². The average Bonchev–Trinajstić information content (AvgIpc) is 2.73. The van der Waals surface area contributed by atoms with Gasteiger partial charge in [0.2, 0.25) is 0 Å². The average molecular weight is 241 g/mol. The summed E-state index contributed by atoms with van der Waals surface area (Å²) in [4.78, 5) is 8.29. The van der Waals surface area contributed by atoms with Gasteiger partial charge < -0.3 is 10.6 Å². The van der Waals surface area contributed by atoms with Gasteiger partial charge >= 0.3 is 0 Å². The fourth-order valence-electron chi connectivity index (χ4n) is 1.70. The Labute approximate surface area is 103 Å². The lowest BCUT2D eigenvalue weighted by atomic mass is 10.0. The summed E-state index contributed by atoms with van der Waals surface area (Å²) in [5.41, 5.74) is 7.00. The summed E-state index contributed by atoms with van der Waals surface area (Å²) in [6, 6.07) is 0. The molecule has 0 aliphatic carbocycles. The Bertz CT molecular complexity index is 318. The summed E-state index contributed by atoms with van der Waals surface area (Å²) in [6.07, 6.45) is 1.12. The number of nitrogens with two attached hydrogens (primary N) is 1. The molecule has 1 aromatic rings. The van der Waals surface area contributed by atoms with E-state index in [2.05, 4.69) is 32.6 Å². The Morgan fingerprint density at radius 2 is 1.94 bits per heavy atom. The van der Waals surface area contributed by atoms with Gasteiger partial charge in [-0.15, -0.1) is 11.3 Å². The van der Waals surface area contributed by atoms with Crippen molar-refractivity contribution < 1.29 is 0 Å². The highest BCUT2D eigenvalue weighted by molar-refractivity contribution is 7.15. The molecule has 1 unspecified atom stereocenters. The molecule has 1 heterocycles. The highest BCUT2D eigenvalue weighted by Gasteiger charge is 2.17. The van der Waals surface area contributed by atoms with Crippen LogP contribution in [-0.4, -0.2) is 18.1 Å². The van der Waals surface area contributed by atoms with Gasteiger partial charge in [0.1, 0.15) is 0 Å². The van der Waals surface area contributed by atoms with Crippen LogP contribution in [0, 0.1) is 0 Å². The van der Waals surface area contributed by atoms with Crippen molar-refractivity contribution in [3.05, 3.63) is 10.6 Å². The Morgan fingerprint density at radius 3 is 2.38 bits per heavy atom. The van der Waals surface area contributed by atoms with Gasteiger partial charge in [-0.05, 0) is 26.2 Å². The van der Waals surface area contributed by atoms with Crippen molar-refractivity contribution in [3.63, 3.8) is 0 Å². The van der Waals surface area contributed by atoms with Gasteiger partial charge in [0.25, 0.3) is 0 Å². The fraction of sp³-hybridized carbons (Fsp3) is 0.750. The van der Waals surface area contributed by atoms with E-state index >= 15 is 0 Å². The van der Waals surface area contributed by atoms with Crippen LogP contribution in [0.2, 0.25) is 0 Å². The number of thiazole rings is 1. The Morgan fingerprint density at radius 1 is 1.31 bits per heavy atom. The molecule has 2 N–H and O–H groups in total. The van der Waals surface area contributed by atoms with E-state index in [0.29, 0.717) is 12.5 Å². The van der Waals surface area contributed by atoms with E-state index in [0.717, 1.165) is 24.6 Å². The van der Waals surface area contributed by atoms with Gasteiger partial charge in [-0.1, -0.05) is 13.8 Å². The van der Waals surface area contributed by atoms with Crippen molar-refractivity contribution in [2.24, 2.45) is 5.73 Å². The summed E-state index contributed by atoms with van der Waals surface area (Å²) in [5, 5.41) is 1.13. The maximum Gasteiger partial charge on any atom is 0.185 e. The number of hydrogen-bond donors (Lipinski definition) is 1. The lowest BCUT2D eigenvalue weighted by molar-refractivity contribution is 0.701. The van der Waals surface area contributed by atoms with E-state index in [4.69, 9.17) is 10.7 Å². The highest BCUT2D eigenvalue weighted by atomic mass is 32.1. The van der Waals surface area contributed by atoms with E-state index in [-0.39, 0.29) is 0 Å². The van der Waals surface area contributed by atoms with Crippen LogP contribution in [0.1, 0.15) is 50.6 Å². The molecular weight excluding hydrogens is 218 g/mol. The summed E-state index contributed by atoms with van der Waals surface area (Å²) in [7, 11) is 0. The minimum atomic E-state index is 0.513. The SMILES string of the molecule is CCC(C)c1nc(N(CC)CC)sc1CN. The van der Waals surface area contributed by atoms with Gasteiger partial charge in [-0.3, -0.25) is 0 Å². The van der Waals surface area contributed by atoms with Crippen molar-refractivity contribution in [1.82, 2.24) is 4.98 Å². The second-order valence-corrected chi connectivity index (χ2v) is 5.05. The molecule has 0 saturated heterocycles.